The Bertz CT molecular complexity index is 584. The van der Waals surface area contributed by atoms with Gasteiger partial charge in [0.15, 0.2) is 0 Å². The largest absolute Gasteiger partial charge is 0.354 e. The number of carbonyl (C=O) groups is 1. The van der Waals surface area contributed by atoms with Crippen molar-refractivity contribution in [3.05, 3.63) is 47.5 Å². The summed E-state index contributed by atoms with van der Waals surface area (Å²) < 4.78 is 14.8. The third-order valence-corrected chi connectivity index (χ3v) is 2.78. The topological polar surface area (TPSA) is 85.8 Å². The molecule has 1 aromatic heterocycles. The second-order valence-electron chi connectivity index (χ2n) is 4.30. The van der Waals surface area contributed by atoms with E-state index >= 15 is 0 Å². The molecule has 0 spiro atoms. The molecule has 0 saturated heterocycles. The SMILES string of the molecule is NCc1cn(CC(=O)NCCc2ccccc2F)nn1. The van der Waals surface area contributed by atoms with E-state index in [1.54, 1.807) is 24.4 Å². The van der Waals surface area contributed by atoms with Crippen molar-refractivity contribution in [3.8, 4) is 0 Å². The Labute approximate surface area is 115 Å². The van der Waals surface area contributed by atoms with Crippen molar-refractivity contribution in [2.45, 2.75) is 19.5 Å². The van der Waals surface area contributed by atoms with E-state index in [4.69, 9.17) is 5.73 Å². The van der Waals surface area contributed by atoms with E-state index < -0.39 is 0 Å². The summed E-state index contributed by atoms with van der Waals surface area (Å²) in [5.74, 6) is -0.458. The summed E-state index contributed by atoms with van der Waals surface area (Å²) in [7, 11) is 0. The minimum absolute atomic E-state index is 0.0737. The van der Waals surface area contributed by atoms with Gasteiger partial charge < -0.3 is 11.1 Å². The van der Waals surface area contributed by atoms with E-state index in [1.807, 2.05) is 0 Å². The Kier molecular flexibility index (Phi) is 4.78. The molecule has 1 aromatic carbocycles. The van der Waals surface area contributed by atoms with Crippen LogP contribution in [0.2, 0.25) is 0 Å². The van der Waals surface area contributed by atoms with Crippen LogP contribution in [0.25, 0.3) is 0 Å². The summed E-state index contributed by atoms with van der Waals surface area (Å²) in [6.45, 7) is 0.734. The number of halogens is 1. The highest BCUT2D eigenvalue weighted by molar-refractivity contribution is 5.75. The van der Waals surface area contributed by atoms with E-state index in [0.29, 0.717) is 24.2 Å². The number of nitrogens with zero attached hydrogens (tertiary/aromatic N) is 3. The maximum absolute atomic E-state index is 13.4. The molecule has 0 fully saturated rings. The zero-order chi connectivity index (χ0) is 14.4. The third-order valence-electron chi connectivity index (χ3n) is 2.78. The lowest BCUT2D eigenvalue weighted by Crippen LogP contribution is -2.29. The fraction of sp³-hybridized carbons (Fsp3) is 0.308. The van der Waals surface area contributed by atoms with Gasteiger partial charge in [-0.2, -0.15) is 0 Å². The van der Waals surface area contributed by atoms with Crippen molar-refractivity contribution in [3.63, 3.8) is 0 Å². The Hall–Kier alpha value is -2.28. The summed E-state index contributed by atoms with van der Waals surface area (Å²) in [6.07, 6.45) is 2.07. The maximum atomic E-state index is 13.4. The Morgan fingerprint density at radius 3 is 2.90 bits per heavy atom. The van der Waals surface area contributed by atoms with Crippen molar-refractivity contribution in [1.29, 1.82) is 0 Å². The first-order chi connectivity index (χ1) is 9.69. The first-order valence-corrected chi connectivity index (χ1v) is 6.28. The minimum atomic E-state index is -0.259. The van der Waals surface area contributed by atoms with Gasteiger partial charge in [-0.3, -0.25) is 4.79 Å². The number of hydrogen-bond donors (Lipinski definition) is 2. The molecule has 20 heavy (non-hydrogen) atoms. The van der Waals surface area contributed by atoms with Gasteiger partial charge in [0.25, 0.3) is 0 Å². The number of nitrogens with two attached hydrogens (primary N) is 1. The molecule has 0 atom stereocenters. The van der Waals surface area contributed by atoms with Gasteiger partial charge in [0.1, 0.15) is 12.4 Å². The fourth-order valence-corrected chi connectivity index (χ4v) is 1.75. The molecule has 0 unspecified atom stereocenters. The fourth-order valence-electron chi connectivity index (χ4n) is 1.75. The number of amides is 1. The zero-order valence-corrected chi connectivity index (χ0v) is 10.9. The smallest absolute Gasteiger partial charge is 0.241 e. The highest BCUT2D eigenvalue weighted by atomic mass is 19.1. The maximum Gasteiger partial charge on any atom is 0.241 e. The zero-order valence-electron chi connectivity index (χ0n) is 10.9. The van der Waals surface area contributed by atoms with Crippen LogP contribution in [-0.4, -0.2) is 27.4 Å². The van der Waals surface area contributed by atoms with E-state index in [9.17, 15) is 9.18 Å². The molecule has 0 bridgehead atoms. The Balaban J connectivity index is 1.77. The average Bonchev–Trinajstić information content (AvgIpc) is 2.88. The van der Waals surface area contributed by atoms with Gasteiger partial charge in [0.05, 0.1) is 11.9 Å². The number of rotatable bonds is 6. The first-order valence-electron chi connectivity index (χ1n) is 6.28. The number of benzene rings is 1. The molecular formula is C13H16FN5O. The number of carbonyl (C=O) groups excluding carboxylic acids is 1. The summed E-state index contributed by atoms with van der Waals surface area (Å²) in [5, 5.41) is 10.3. The van der Waals surface area contributed by atoms with Crippen LogP contribution >= 0.6 is 0 Å². The van der Waals surface area contributed by atoms with Crippen LogP contribution in [-0.2, 0) is 24.3 Å². The second kappa shape index (κ2) is 6.76. The quantitative estimate of drug-likeness (QED) is 0.791. The van der Waals surface area contributed by atoms with Gasteiger partial charge in [0.2, 0.25) is 5.91 Å². The lowest BCUT2D eigenvalue weighted by Gasteiger charge is -2.05. The molecule has 1 amide bonds. The standard InChI is InChI=1S/C13H16FN5O/c14-12-4-2-1-3-10(12)5-6-16-13(20)9-19-8-11(7-15)17-18-19/h1-4,8H,5-7,9,15H2,(H,16,20). The molecule has 0 aliphatic carbocycles. The molecule has 0 aliphatic rings. The molecule has 7 heteroatoms. The van der Waals surface area contributed by atoms with E-state index in [-0.39, 0.29) is 24.8 Å². The predicted molar refractivity (Wildman–Crippen MR) is 71.0 cm³/mol. The number of nitrogens with one attached hydrogen (secondary N) is 1. The van der Waals surface area contributed by atoms with Crippen LogP contribution in [0.3, 0.4) is 0 Å². The molecule has 2 aromatic rings. The van der Waals surface area contributed by atoms with Gasteiger partial charge in [-0.25, -0.2) is 9.07 Å². The molecule has 1 heterocycles. The first kappa shape index (κ1) is 14.1. The second-order valence-corrected chi connectivity index (χ2v) is 4.30. The Morgan fingerprint density at radius 1 is 1.40 bits per heavy atom. The van der Waals surface area contributed by atoms with Gasteiger partial charge in [-0.15, -0.1) is 5.10 Å². The minimum Gasteiger partial charge on any atom is -0.354 e. The van der Waals surface area contributed by atoms with E-state index in [0.717, 1.165) is 0 Å². The Morgan fingerprint density at radius 2 is 2.20 bits per heavy atom. The molecule has 0 radical (unpaired) electrons. The molecule has 106 valence electrons. The lowest BCUT2D eigenvalue weighted by molar-refractivity contribution is -0.121. The van der Waals surface area contributed by atoms with Crippen molar-refractivity contribution in [1.82, 2.24) is 20.3 Å². The van der Waals surface area contributed by atoms with Gasteiger partial charge in [-0.1, -0.05) is 23.4 Å². The summed E-state index contributed by atoms with van der Waals surface area (Å²) in [4.78, 5) is 11.7. The molecule has 0 saturated carbocycles. The number of hydrogen-bond acceptors (Lipinski definition) is 4. The van der Waals surface area contributed by atoms with Gasteiger partial charge in [-0.05, 0) is 18.1 Å². The van der Waals surface area contributed by atoms with Crippen LogP contribution in [0.4, 0.5) is 4.39 Å². The van der Waals surface area contributed by atoms with Gasteiger partial charge >= 0.3 is 0 Å². The van der Waals surface area contributed by atoms with Crippen LogP contribution in [0.1, 0.15) is 11.3 Å². The summed E-state index contributed by atoms with van der Waals surface area (Å²) in [5.41, 5.74) is 6.61. The van der Waals surface area contributed by atoms with Crippen LogP contribution in [0.5, 0.6) is 0 Å². The van der Waals surface area contributed by atoms with Gasteiger partial charge in [0, 0.05) is 13.1 Å². The van der Waals surface area contributed by atoms with Crippen LogP contribution in [0, 0.1) is 5.82 Å². The van der Waals surface area contributed by atoms with E-state index in [1.165, 1.54) is 10.7 Å². The van der Waals surface area contributed by atoms with Crippen molar-refractivity contribution >= 4 is 5.91 Å². The van der Waals surface area contributed by atoms with Crippen molar-refractivity contribution < 1.29 is 9.18 Å². The predicted octanol–water partition coefficient (Wildman–Crippen LogP) is 0.235. The monoisotopic (exact) mass is 277 g/mol. The van der Waals surface area contributed by atoms with E-state index in [2.05, 4.69) is 15.6 Å². The van der Waals surface area contributed by atoms with Crippen molar-refractivity contribution in [2.75, 3.05) is 6.54 Å². The number of aromatic nitrogens is 3. The highest BCUT2D eigenvalue weighted by Gasteiger charge is 2.06. The molecule has 0 aliphatic heterocycles. The summed E-state index contributed by atoms with van der Waals surface area (Å²) >= 11 is 0. The molecule has 2 rings (SSSR count). The third kappa shape index (κ3) is 3.86. The highest BCUT2D eigenvalue weighted by Crippen LogP contribution is 2.06. The molecule has 6 nitrogen and oxygen atoms in total. The van der Waals surface area contributed by atoms with Crippen LogP contribution in [0.15, 0.2) is 30.5 Å². The average molecular weight is 277 g/mol. The summed E-state index contributed by atoms with van der Waals surface area (Å²) in [6, 6.07) is 6.51. The normalized spacial score (nSPS) is 10.5. The molecular weight excluding hydrogens is 261 g/mol. The van der Waals surface area contributed by atoms with Crippen molar-refractivity contribution in [2.24, 2.45) is 5.73 Å². The molecule has 3 N–H and O–H groups in total. The van der Waals surface area contributed by atoms with Crippen LogP contribution < -0.4 is 11.1 Å². The lowest BCUT2D eigenvalue weighted by atomic mass is 10.1.